The van der Waals surface area contributed by atoms with Crippen molar-refractivity contribution in [2.45, 2.75) is 0 Å². The van der Waals surface area contributed by atoms with E-state index in [0.717, 1.165) is 23.5 Å². The van der Waals surface area contributed by atoms with Crippen LogP contribution in [0.15, 0.2) is 18.2 Å². The molecule has 1 atom stereocenters. The Morgan fingerprint density at radius 3 is 2.32 bits per heavy atom. The molecule has 0 aliphatic rings. The Morgan fingerprint density at radius 1 is 1.27 bits per heavy atom. The number of aromatic carboxylic acids is 1. The van der Waals surface area contributed by atoms with Crippen molar-refractivity contribution in [3.63, 3.8) is 0 Å². The van der Waals surface area contributed by atoms with Crippen molar-refractivity contribution in [3.8, 4) is 5.75 Å². The maximum absolute atomic E-state index is 11.5. The highest BCUT2D eigenvalue weighted by Gasteiger charge is 2.24. The van der Waals surface area contributed by atoms with Crippen molar-refractivity contribution in [2.75, 3.05) is 4.31 Å². The molecule has 0 aliphatic carbocycles. The summed E-state index contributed by atoms with van der Waals surface area (Å²) in [6.45, 7) is 0. The van der Waals surface area contributed by atoms with Gasteiger partial charge in [-0.05, 0) is 12.1 Å². The van der Waals surface area contributed by atoms with Crippen LogP contribution >= 0.6 is 46.1 Å². The van der Waals surface area contributed by atoms with E-state index in [4.69, 9.17) is 39.9 Å². The van der Waals surface area contributed by atoms with E-state index >= 15 is 0 Å². The molecule has 11 heteroatoms. The van der Waals surface area contributed by atoms with E-state index in [9.17, 15) is 18.7 Å². The lowest BCUT2D eigenvalue weighted by atomic mass is 10.2. The van der Waals surface area contributed by atoms with Gasteiger partial charge < -0.3 is 14.8 Å². The molecule has 0 saturated heterocycles. The van der Waals surface area contributed by atoms with E-state index in [1.165, 1.54) is 6.07 Å². The summed E-state index contributed by atoms with van der Waals surface area (Å²) in [5.41, 5.74) is -0.496. The van der Waals surface area contributed by atoms with Gasteiger partial charge in [0.1, 0.15) is 25.7 Å². The fourth-order valence-corrected chi connectivity index (χ4v) is 4.30. The van der Waals surface area contributed by atoms with Gasteiger partial charge in [-0.25, -0.2) is 4.79 Å². The van der Waals surface area contributed by atoms with Gasteiger partial charge in [-0.15, -0.1) is 11.3 Å². The fourth-order valence-electron chi connectivity index (χ4n) is 1.64. The van der Waals surface area contributed by atoms with Gasteiger partial charge in [-0.2, -0.15) is 0 Å². The molecule has 0 aliphatic heterocycles. The zero-order valence-corrected chi connectivity index (χ0v) is 14.1. The van der Waals surface area contributed by atoms with Gasteiger partial charge in [0.15, 0.2) is 0 Å². The zero-order chi connectivity index (χ0) is 16.6. The number of carboxylic acids is 1. The number of phenols is 1. The van der Waals surface area contributed by atoms with Crippen LogP contribution in [-0.2, 0) is 11.3 Å². The first-order valence-corrected chi connectivity index (χ1v) is 8.31. The molecule has 118 valence electrons. The summed E-state index contributed by atoms with van der Waals surface area (Å²) in [5.74, 6) is -1.96. The van der Waals surface area contributed by atoms with Crippen LogP contribution in [0.1, 0.15) is 10.4 Å². The number of anilines is 2. The summed E-state index contributed by atoms with van der Waals surface area (Å²) >= 11 is 15.7. The Kier molecular flexibility index (Phi) is 5.21. The van der Waals surface area contributed by atoms with Gasteiger partial charge in [0, 0.05) is 6.07 Å². The van der Waals surface area contributed by atoms with Gasteiger partial charge in [-0.3, -0.25) is 8.51 Å². The monoisotopic (exact) mass is 400 g/mol. The van der Waals surface area contributed by atoms with E-state index in [0.29, 0.717) is 4.31 Å². The molecule has 0 saturated carbocycles. The highest BCUT2D eigenvalue weighted by Crippen LogP contribution is 2.48. The number of hydrogen-bond donors (Lipinski definition) is 2. The maximum Gasteiger partial charge on any atom is 0.339 e. The first kappa shape index (κ1) is 17.3. The predicted molar refractivity (Wildman–Crippen MR) is 85.5 cm³/mol. The molecule has 6 nitrogen and oxygen atoms in total. The van der Waals surface area contributed by atoms with Gasteiger partial charge >= 0.3 is 5.97 Å². The van der Waals surface area contributed by atoms with E-state index < -0.39 is 23.0 Å². The standard InChI is InChI=1S/C11H6Cl3NO5S2/c12-7-8(10(14)21-9(7)13)15(22(19)20)4-1-2-5(11(17)18)6(16)3-4/h1-3,16H,(H,17,18)(H,19,20)/p-1. The van der Waals surface area contributed by atoms with E-state index in [1.807, 2.05) is 0 Å². The third-order valence-electron chi connectivity index (χ3n) is 2.54. The quantitative estimate of drug-likeness (QED) is 0.753. The minimum absolute atomic E-state index is 0.0287. The third kappa shape index (κ3) is 3.17. The van der Waals surface area contributed by atoms with Crippen LogP contribution < -0.4 is 4.31 Å². The maximum atomic E-state index is 11.5. The highest BCUT2D eigenvalue weighted by atomic mass is 35.5. The van der Waals surface area contributed by atoms with Crippen molar-refractivity contribution < 1.29 is 23.8 Å². The van der Waals surface area contributed by atoms with Gasteiger partial charge in [0.25, 0.3) is 0 Å². The van der Waals surface area contributed by atoms with Crippen LogP contribution in [0.25, 0.3) is 0 Å². The van der Waals surface area contributed by atoms with Crippen molar-refractivity contribution in [3.05, 3.63) is 37.5 Å². The average molecular weight is 402 g/mol. The van der Waals surface area contributed by atoms with Crippen molar-refractivity contribution >= 4 is 74.8 Å². The molecule has 2 rings (SSSR count). The van der Waals surface area contributed by atoms with Gasteiger partial charge in [0.05, 0.1) is 22.0 Å². The number of rotatable bonds is 4. The zero-order valence-electron chi connectivity index (χ0n) is 10.2. The Morgan fingerprint density at radius 2 is 1.91 bits per heavy atom. The lowest BCUT2D eigenvalue weighted by Gasteiger charge is -2.26. The second-order valence-corrected chi connectivity index (χ2v) is 7.23. The minimum atomic E-state index is -2.83. The summed E-state index contributed by atoms with van der Waals surface area (Å²) in [7, 11) is 0. The SMILES string of the molecule is O=C(O)c1ccc(N(c2c(Cl)sc(Cl)c2Cl)S(=O)[O-])cc1O. The third-order valence-corrected chi connectivity index (χ3v) is 5.40. The summed E-state index contributed by atoms with van der Waals surface area (Å²) in [4.78, 5) is 10.9. The average Bonchev–Trinajstić information content (AvgIpc) is 2.65. The molecular formula is C11H5Cl3NO5S2-. The lowest BCUT2D eigenvalue weighted by molar-refractivity contribution is 0.0694. The molecule has 1 aromatic carbocycles. The van der Waals surface area contributed by atoms with Gasteiger partial charge in [0.2, 0.25) is 0 Å². The van der Waals surface area contributed by atoms with Crippen LogP contribution in [0.2, 0.25) is 13.7 Å². The molecule has 1 aromatic heterocycles. The summed E-state index contributed by atoms with van der Waals surface area (Å²) in [6, 6.07) is 3.22. The molecule has 0 amide bonds. The summed E-state index contributed by atoms with van der Waals surface area (Å²) in [6.07, 6.45) is 0. The van der Waals surface area contributed by atoms with Crippen LogP contribution in [0.4, 0.5) is 11.4 Å². The molecule has 1 heterocycles. The van der Waals surface area contributed by atoms with Crippen LogP contribution in [0.5, 0.6) is 5.75 Å². The van der Waals surface area contributed by atoms with E-state index in [1.54, 1.807) is 0 Å². The number of carboxylic acid groups (broad SMARTS) is 1. The molecular weight excluding hydrogens is 397 g/mol. The van der Waals surface area contributed by atoms with Crippen LogP contribution in [0.3, 0.4) is 0 Å². The molecule has 0 radical (unpaired) electrons. The van der Waals surface area contributed by atoms with Gasteiger partial charge in [-0.1, -0.05) is 34.8 Å². The highest BCUT2D eigenvalue weighted by molar-refractivity contribution is 7.81. The van der Waals surface area contributed by atoms with E-state index in [2.05, 4.69) is 0 Å². The second-order valence-electron chi connectivity index (χ2n) is 3.83. The number of benzene rings is 1. The van der Waals surface area contributed by atoms with E-state index in [-0.39, 0.29) is 30.6 Å². The molecule has 2 N–H and O–H groups in total. The smallest absolute Gasteiger partial charge is 0.339 e. The molecule has 1 unspecified atom stereocenters. The topological polar surface area (TPSA) is 101 Å². The number of carbonyl (C=O) groups is 1. The number of aromatic hydroxyl groups is 1. The summed E-state index contributed by atoms with van der Waals surface area (Å²) < 4.78 is 23.9. The summed E-state index contributed by atoms with van der Waals surface area (Å²) in [5, 5.41) is 18.5. The molecule has 0 spiro atoms. The normalized spacial score (nSPS) is 12.2. The number of hydrogen-bond acceptors (Lipinski definition) is 5. The Labute approximate surface area is 145 Å². The Bertz CT molecular complexity index is 779. The lowest BCUT2D eigenvalue weighted by Crippen LogP contribution is -2.19. The molecule has 22 heavy (non-hydrogen) atoms. The molecule has 0 bridgehead atoms. The molecule has 0 fully saturated rings. The largest absolute Gasteiger partial charge is 0.755 e. The number of thiophene rings is 1. The number of halogens is 3. The van der Waals surface area contributed by atoms with Crippen molar-refractivity contribution in [1.29, 1.82) is 0 Å². The van der Waals surface area contributed by atoms with Crippen LogP contribution in [0, 0.1) is 0 Å². The Hall–Kier alpha value is -1.03. The minimum Gasteiger partial charge on any atom is -0.755 e. The predicted octanol–water partition coefficient (Wildman–Crippen LogP) is 4.04. The fraction of sp³-hybridized carbons (Fsp3) is 0. The van der Waals surface area contributed by atoms with Crippen molar-refractivity contribution in [2.24, 2.45) is 0 Å². The van der Waals surface area contributed by atoms with Crippen molar-refractivity contribution in [1.82, 2.24) is 0 Å². The first-order valence-electron chi connectivity index (χ1n) is 5.33. The Balaban J connectivity index is 2.61. The second kappa shape index (κ2) is 6.61. The molecule has 2 aromatic rings. The van der Waals surface area contributed by atoms with Crippen LogP contribution in [-0.4, -0.2) is 24.9 Å². The number of nitrogens with zero attached hydrogens (tertiary/aromatic N) is 1. The first-order chi connectivity index (χ1) is 10.2.